The lowest BCUT2D eigenvalue weighted by Crippen LogP contribution is -2.00. The molecule has 0 aliphatic heterocycles. The lowest BCUT2D eigenvalue weighted by Gasteiger charge is -1.92. The van der Waals surface area contributed by atoms with Crippen molar-refractivity contribution in [1.82, 2.24) is 0 Å². The van der Waals surface area contributed by atoms with E-state index in [0.717, 1.165) is 5.57 Å². The molecule has 0 saturated heterocycles. The van der Waals surface area contributed by atoms with Crippen LogP contribution >= 0.6 is 0 Å². The molecule has 1 aliphatic rings. The van der Waals surface area contributed by atoms with Gasteiger partial charge < -0.3 is 5.73 Å². The van der Waals surface area contributed by atoms with Gasteiger partial charge in [0.2, 0.25) is 0 Å². The average molecular weight is 185 g/mol. The molecule has 0 radical (unpaired) electrons. The number of rotatable bonds is 1. The third kappa shape index (κ3) is 4.43. The lowest BCUT2D eigenvalue weighted by molar-refractivity contribution is 1.19. The number of hydrogen-bond donors (Lipinski definition) is 1. The zero-order valence-corrected chi connectivity index (χ0v) is 8.14. The molecule has 0 atom stereocenters. The Bertz CT molecular complexity index is 325. The minimum atomic E-state index is 0.564. The van der Waals surface area contributed by atoms with Crippen molar-refractivity contribution < 1.29 is 0 Å². The Morgan fingerprint density at radius 1 is 0.714 bits per heavy atom. The number of nitrogens with two attached hydrogens (primary N) is 1. The highest BCUT2D eigenvalue weighted by Crippen LogP contribution is 1.97. The number of hydrogen-bond acceptors (Lipinski definition) is 1. The van der Waals surface area contributed by atoms with Crippen molar-refractivity contribution in [3.63, 3.8) is 0 Å². The predicted octanol–water partition coefficient (Wildman–Crippen LogP) is 2.67. The van der Waals surface area contributed by atoms with E-state index in [0.29, 0.717) is 6.54 Å². The molecule has 1 nitrogen and oxygen atoms in total. The monoisotopic (exact) mass is 185 g/mol. The van der Waals surface area contributed by atoms with Crippen LogP contribution in [-0.4, -0.2) is 6.54 Å². The quantitative estimate of drug-likeness (QED) is 0.667. The SMILES string of the molecule is NCC1=C/C=C\C=C/C=C\C=C/C=C\1. The maximum absolute atomic E-state index is 5.57. The molecular weight excluding hydrogens is 170 g/mol. The highest BCUT2D eigenvalue weighted by Gasteiger charge is 1.83. The van der Waals surface area contributed by atoms with Crippen LogP contribution in [0.25, 0.3) is 0 Å². The first-order valence-electron chi connectivity index (χ1n) is 4.67. The van der Waals surface area contributed by atoms with E-state index >= 15 is 0 Å². The summed E-state index contributed by atoms with van der Waals surface area (Å²) < 4.78 is 0. The molecule has 2 N–H and O–H groups in total. The maximum Gasteiger partial charge on any atom is 0.0178 e. The first kappa shape index (κ1) is 10.5. The van der Waals surface area contributed by atoms with Crippen LogP contribution in [0.5, 0.6) is 0 Å². The van der Waals surface area contributed by atoms with Crippen molar-refractivity contribution in [2.24, 2.45) is 5.73 Å². The molecule has 1 rings (SSSR count). The second kappa shape index (κ2) is 6.87. The fraction of sp³-hybridized carbons (Fsp3) is 0.0769. The van der Waals surface area contributed by atoms with Gasteiger partial charge in [-0.25, -0.2) is 0 Å². The van der Waals surface area contributed by atoms with Crippen LogP contribution in [0.3, 0.4) is 0 Å². The summed E-state index contributed by atoms with van der Waals surface area (Å²) in [5, 5.41) is 0. The fourth-order valence-corrected chi connectivity index (χ4v) is 0.999. The molecular formula is C13H15N. The summed E-state index contributed by atoms with van der Waals surface area (Å²) in [5.74, 6) is 0. The zero-order valence-electron chi connectivity index (χ0n) is 8.14. The summed E-state index contributed by atoms with van der Waals surface area (Å²) in [6, 6.07) is 0. The summed E-state index contributed by atoms with van der Waals surface area (Å²) in [6.07, 6.45) is 21.9. The summed E-state index contributed by atoms with van der Waals surface area (Å²) >= 11 is 0. The first-order valence-corrected chi connectivity index (χ1v) is 4.67. The molecule has 1 aliphatic carbocycles. The van der Waals surface area contributed by atoms with E-state index in [1.807, 2.05) is 66.8 Å². The fourth-order valence-electron chi connectivity index (χ4n) is 0.999. The molecule has 0 aromatic carbocycles. The van der Waals surface area contributed by atoms with Gasteiger partial charge in [0.25, 0.3) is 0 Å². The van der Waals surface area contributed by atoms with Crippen molar-refractivity contribution in [2.75, 3.05) is 6.54 Å². The zero-order chi connectivity index (χ0) is 10.1. The largest absolute Gasteiger partial charge is 0.326 e. The van der Waals surface area contributed by atoms with Gasteiger partial charge in [-0.05, 0) is 5.57 Å². The standard InChI is InChI=1S/C13H15N/c14-12-13-10-8-6-4-2-1-3-5-7-9-11-13/h1-11H,12,14H2/b2-1-,3-1?,4-2?,5-3-,6-4-,7-5?,8-6?,9-7-,10-8-,11-9?,13-10?,13-11+. The highest BCUT2D eigenvalue weighted by molar-refractivity contribution is 5.30. The molecule has 72 valence electrons. The predicted molar refractivity (Wildman–Crippen MR) is 62.8 cm³/mol. The van der Waals surface area contributed by atoms with Crippen molar-refractivity contribution in [3.8, 4) is 0 Å². The Hall–Kier alpha value is -1.60. The van der Waals surface area contributed by atoms with Crippen molar-refractivity contribution >= 4 is 0 Å². The Morgan fingerprint density at radius 2 is 1.21 bits per heavy atom. The second-order valence-electron chi connectivity index (χ2n) is 2.84. The van der Waals surface area contributed by atoms with Gasteiger partial charge >= 0.3 is 0 Å². The van der Waals surface area contributed by atoms with Crippen molar-refractivity contribution in [3.05, 3.63) is 72.4 Å². The normalized spacial score (nSPS) is 31.4. The molecule has 14 heavy (non-hydrogen) atoms. The van der Waals surface area contributed by atoms with E-state index in [1.165, 1.54) is 0 Å². The van der Waals surface area contributed by atoms with E-state index in [2.05, 4.69) is 0 Å². The summed E-state index contributed by atoms with van der Waals surface area (Å²) in [6.45, 7) is 0.564. The summed E-state index contributed by atoms with van der Waals surface area (Å²) in [4.78, 5) is 0. The molecule has 0 spiro atoms. The molecule has 0 aromatic rings. The van der Waals surface area contributed by atoms with Gasteiger partial charge in [-0.3, -0.25) is 0 Å². The van der Waals surface area contributed by atoms with E-state index in [-0.39, 0.29) is 0 Å². The van der Waals surface area contributed by atoms with Gasteiger partial charge in [0, 0.05) is 6.54 Å². The van der Waals surface area contributed by atoms with Gasteiger partial charge in [-0.2, -0.15) is 0 Å². The van der Waals surface area contributed by atoms with E-state index in [4.69, 9.17) is 5.73 Å². The van der Waals surface area contributed by atoms with Gasteiger partial charge in [0.05, 0.1) is 0 Å². The summed E-state index contributed by atoms with van der Waals surface area (Å²) in [5.41, 5.74) is 6.69. The van der Waals surface area contributed by atoms with Crippen molar-refractivity contribution in [1.29, 1.82) is 0 Å². The molecule has 0 amide bonds. The van der Waals surface area contributed by atoms with Crippen LogP contribution in [0.15, 0.2) is 72.4 Å². The van der Waals surface area contributed by atoms with E-state index in [1.54, 1.807) is 0 Å². The van der Waals surface area contributed by atoms with Crippen LogP contribution < -0.4 is 5.73 Å². The van der Waals surface area contributed by atoms with Crippen LogP contribution in [-0.2, 0) is 0 Å². The van der Waals surface area contributed by atoms with Crippen LogP contribution in [0.2, 0.25) is 0 Å². The highest BCUT2D eigenvalue weighted by atomic mass is 14.5. The Balaban J connectivity index is 2.80. The second-order valence-corrected chi connectivity index (χ2v) is 2.84. The van der Waals surface area contributed by atoms with Gasteiger partial charge in [-0.15, -0.1) is 0 Å². The van der Waals surface area contributed by atoms with Crippen molar-refractivity contribution in [2.45, 2.75) is 0 Å². The summed E-state index contributed by atoms with van der Waals surface area (Å²) in [7, 11) is 0. The third-order valence-corrected chi connectivity index (χ3v) is 1.75. The molecule has 0 heterocycles. The van der Waals surface area contributed by atoms with E-state index < -0.39 is 0 Å². The molecule has 1 heteroatoms. The topological polar surface area (TPSA) is 26.0 Å². The maximum atomic E-state index is 5.57. The van der Waals surface area contributed by atoms with Crippen LogP contribution in [0.4, 0.5) is 0 Å². The molecule has 0 saturated carbocycles. The average Bonchev–Trinajstić information content (AvgIpc) is 2.19. The Morgan fingerprint density at radius 3 is 1.79 bits per heavy atom. The third-order valence-electron chi connectivity index (χ3n) is 1.75. The molecule has 0 aromatic heterocycles. The lowest BCUT2D eigenvalue weighted by atomic mass is 10.2. The van der Waals surface area contributed by atoms with Crippen LogP contribution in [0, 0.1) is 0 Å². The smallest absolute Gasteiger partial charge is 0.0178 e. The molecule has 0 unspecified atom stereocenters. The Kier molecular flexibility index (Phi) is 5.14. The Labute approximate surface area is 85.3 Å². The van der Waals surface area contributed by atoms with Gasteiger partial charge in [0.15, 0.2) is 0 Å². The van der Waals surface area contributed by atoms with Gasteiger partial charge in [-0.1, -0.05) is 66.8 Å². The number of allylic oxidation sites excluding steroid dienone is 10. The molecule has 0 bridgehead atoms. The van der Waals surface area contributed by atoms with Gasteiger partial charge in [0.1, 0.15) is 0 Å². The minimum absolute atomic E-state index is 0.564. The first-order chi connectivity index (χ1) is 6.93. The van der Waals surface area contributed by atoms with Crippen LogP contribution in [0.1, 0.15) is 0 Å². The molecule has 0 fully saturated rings. The van der Waals surface area contributed by atoms with E-state index in [9.17, 15) is 0 Å². The minimum Gasteiger partial charge on any atom is -0.326 e.